The first-order valence-electron chi connectivity index (χ1n) is 21.3. The maximum Gasteiger partial charge on any atom is 0.247 e. The Morgan fingerprint density at radius 1 is 0.700 bits per heavy atom. The SMILES string of the molecule is CN[C@@H](C)C(=S)N[C@H]1CCS[C@H]2CC(C)(C)[C@@H](C(=O)Cc3ccc(CCc4ccc(NC(=O)[C@H]5N6C(=O)[C@@H](NC(=S)[C@H](C)NC)CCS[C@H]6CC5(C)C)cc4)cc3)N2C1=O. The van der Waals surface area contributed by atoms with E-state index >= 15 is 0 Å². The number of carbonyl (C=O) groups excluding carboxylic acids is 4. The van der Waals surface area contributed by atoms with Crippen LogP contribution in [0.3, 0.4) is 0 Å². The number of thioether (sulfide) groups is 2. The Kier molecular flexibility index (Phi) is 15.1. The summed E-state index contributed by atoms with van der Waals surface area (Å²) in [6, 6.07) is 14.0. The van der Waals surface area contributed by atoms with Crippen molar-refractivity contribution in [2.24, 2.45) is 10.8 Å². The fraction of sp³-hybridized carbons (Fsp3) is 0.600. The van der Waals surface area contributed by atoms with Crippen LogP contribution in [-0.4, -0.2) is 116 Å². The van der Waals surface area contributed by atoms with Crippen LogP contribution in [0.15, 0.2) is 48.5 Å². The topological polar surface area (TPSA) is 135 Å². The van der Waals surface area contributed by atoms with Crippen LogP contribution in [0.2, 0.25) is 0 Å². The molecule has 0 spiro atoms. The van der Waals surface area contributed by atoms with Crippen molar-refractivity contribution in [1.29, 1.82) is 0 Å². The molecule has 4 fully saturated rings. The number of aryl methyl sites for hydroxylation is 2. The molecule has 326 valence electrons. The van der Waals surface area contributed by atoms with Crippen LogP contribution in [-0.2, 0) is 38.4 Å². The number of thiocarbonyl (C=S) groups is 2. The van der Waals surface area contributed by atoms with E-state index in [2.05, 4.69) is 66.4 Å². The van der Waals surface area contributed by atoms with Crippen LogP contribution < -0.4 is 26.6 Å². The molecule has 2 aromatic carbocycles. The number of carbonyl (C=O) groups is 4. The van der Waals surface area contributed by atoms with Gasteiger partial charge in [-0.2, -0.15) is 0 Å². The largest absolute Gasteiger partial charge is 0.367 e. The zero-order valence-electron chi connectivity index (χ0n) is 36.3. The summed E-state index contributed by atoms with van der Waals surface area (Å²) in [6.07, 6.45) is 4.73. The van der Waals surface area contributed by atoms with Crippen molar-refractivity contribution in [3.63, 3.8) is 0 Å². The van der Waals surface area contributed by atoms with Crippen molar-refractivity contribution < 1.29 is 19.2 Å². The van der Waals surface area contributed by atoms with Gasteiger partial charge in [0, 0.05) is 12.1 Å². The van der Waals surface area contributed by atoms with E-state index in [1.807, 2.05) is 74.1 Å². The normalized spacial score (nSPS) is 26.9. The van der Waals surface area contributed by atoms with Crippen molar-refractivity contribution in [3.8, 4) is 0 Å². The minimum absolute atomic E-state index is 0.0268. The number of rotatable bonds is 14. The molecule has 4 saturated heterocycles. The van der Waals surface area contributed by atoms with Crippen LogP contribution in [0.5, 0.6) is 0 Å². The second-order valence-corrected chi connectivity index (χ2v) is 21.6. The number of benzene rings is 2. The molecule has 4 heterocycles. The Bertz CT molecular complexity index is 1790. The smallest absolute Gasteiger partial charge is 0.247 e. The maximum absolute atomic E-state index is 14.1. The number of hydrogen-bond acceptors (Lipinski definition) is 10. The summed E-state index contributed by atoms with van der Waals surface area (Å²) < 4.78 is 0. The van der Waals surface area contributed by atoms with E-state index in [9.17, 15) is 19.2 Å². The first-order chi connectivity index (χ1) is 28.4. The van der Waals surface area contributed by atoms with Gasteiger partial charge in [0.15, 0.2) is 5.78 Å². The first-order valence-corrected chi connectivity index (χ1v) is 24.2. The molecule has 3 amide bonds. The van der Waals surface area contributed by atoms with Gasteiger partial charge in [-0.25, -0.2) is 0 Å². The van der Waals surface area contributed by atoms with Gasteiger partial charge in [0.1, 0.15) is 18.1 Å². The molecule has 0 radical (unpaired) electrons. The zero-order chi connectivity index (χ0) is 43.5. The lowest BCUT2D eigenvalue weighted by Crippen LogP contribution is -2.56. The maximum atomic E-state index is 14.1. The number of ketones is 1. The average molecular weight is 894 g/mol. The molecule has 2 aromatic rings. The molecule has 4 aliphatic rings. The third-order valence-electron chi connectivity index (χ3n) is 12.8. The van der Waals surface area contributed by atoms with Gasteiger partial charge in [-0.1, -0.05) is 88.5 Å². The van der Waals surface area contributed by atoms with Crippen LogP contribution >= 0.6 is 48.0 Å². The highest BCUT2D eigenvalue weighted by Gasteiger charge is 2.55. The van der Waals surface area contributed by atoms with Crippen molar-refractivity contribution in [2.45, 2.75) is 133 Å². The molecule has 11 nitrogen and oxygen atoms in total. The first kappa shape index (κ1) is 46.4. The number of likely N-dealkylation sites (N-methyl/N-ethyl adjacent to an activating group) is 2. The van der Waals surface area contributed by atoms with Gasteiger partial charge < -0.3 is 36.4 Å². The molecular formula is C45H63N7O4S4. The third kappa shape index (κ3) is 10.4. The van der Waals surface area contributed by atoms with Gasteiger partial charge in [0.25, 0.3) is 0 Å². The van der Waals surface area contributed by atoms with Gasteiger partial charge in [0.2, 0.25) is 17.7 Å². The molecule has 60 heavy (non-hydrogen) atoms. The predicted molar refractivity (Wildman–Crippen MR) is 254 cm³/mol. The van der Waals surface area contributed by atoms with Crippen LogP contribution in [0.25, 0.3) is 0 Å². The number of hydrogen-bond donors (Lipinski definition) is 5. The molecule has 15 heteroatoms. The van der Waals surface area contributed by atoms with E-state index in [4.69, 9.17) is 24.4 Å². The molecule has 4 aliphatic heterocycles. The second kappa shape index (κ2) is 19.5. The number of anilines is 1. The van der Waals surface area contributed by atoms with E-state index in [1.165, 1.54) is 0 Å². The van der Waals surface area contributed by atoms with E-state index in [-0.39, 0.29) is 58.2 Å². The summed E-state index contributed by atoms with van der Waals surface area (Å²) in [6.45, 7) is 12.3. The molecule has 0 unspecified atom stereocenters. The summed E-state index contributed by atoms with van der Waals surface area (Å²) in [5.74, 6) is 1.42. The number of amides is 3. The average Bonchev–Trinajstić information content (AvgIpc) is 3.53. The zero-order valence-corrected chi connectivity index (χ0v) is 39.5. The predicted octanol–water partition coefficient (Wildman–Crippen LogP) is 5.49. The van der Waals surface area contributed by atoms with Crippen LogP contribution in [0.4, 0.5) is 5.69 Å². The summed E-state index contributed by atoms with van der Waals surface area (Å²) in [7, 11) is 3.68. The molecule has 8 atom stereocenters. The van der Waals surface area contributed by atoms with Crippen molar-refractivity contribution in [3.05, 3.63) is 65.2 Å². The molecule has 5 N–H and O–H groups in total. The van der Waals surface area contributed by atoms with Crippen LogP contribution in [0, 0.1) is 10.8 Å². The van der Waals surface area contributed by atoms with Crippen molar-refractivity contribution in [1.82, 2.24) is 31.1 Å². The van der Waals surface area contributed by atoms with Gasteiger partial charge in [-0.15, -0.1) is 23.5 Å². The van der Waals surface area contributed by atoms with Gasteiger partial charge in [0.05, 0.1) is 38.9 Å². The number of nitrogens with one attached hydrogen (secondary N) is 5. The summed E-state index contributed by atoms with van der Waals surface area (Å²) in [4.78, 5) is 60.9. The van der Waals surface area contributed by atoms with Gasteiger partial charge in [-0.3, -0.25) is 19.2 Å². The Balaban J connectivity index is 1.04. The molecule has 0 aliphatic carbocycles. The Labute approximate surface area is 375 Å². The minimum atomic E-state index is -0.609. The fourth-order valence-electron chi connectivity index (χ4n) is 9.04. The standard InChI is InChI=1S/C45H63N7O4S4/c1-26(46-7)40(57)49-32-19-21-59-35-24-44(3,4)37(51(35)42(32)55)34(53)23-30-13-11-28(12-14-30)9-10-29-15-17-31(18-16-29)48-39(54)38-45(5,6)25-36-52(38)43(56)33(20-22-60-36)50-41(58)27(2)47-8/h11-18,26-27,32-33,35-38,46-47H,9-10,19-25H2,1-8H3,(H,48,54)(H,49,57)(H,50,58)/t26-,27-,32-,33-,35-,36-,37+,38+/m0/s1. The molecular weight excluding hydrogens is 831 g/mol. The number of nitrogens with zero attached hydrogens (tertiary/aromatic N) is 2. The molecule has 0 saturated carbocycles. The Morgan fingerprint density at radius 3 is 1.58 bits per heavy atom. The second-order valence-electron chi connectivity index (χ2n) is 18.2. The minimum Gasteiger partial charge on any atom is -0.367 e. The van der Waals surface area contributed by atoms with Gasteiger partial charge >= 0.3 is 0 Å². The highest BCUT2D eigenvalue weighted by Crippen LogP contribution is 2.48. The van der Waals surface area contributed by atoms with Crippen LogP contribution in [0.1, 0.15) is 83.9 Å². The third-order valence-corrected chi connectivity index (χ3v) is 16.2. The van der Waals surface area contributed by atoms with Crippen molar-refractivity contribution >= 4 is 87.1 Å². The number of fused-ring (bicyclic) bond motifs is 2. The monoisotopic (exact) mass is 893 g/mol. The van der Waals surface area contributed by atoms with E-state index < -0.39 is 29.6 Å². The Morgan fingerprint density at radius 2 is 1.12 bits per heavy atom. The molecule has 0 aromatic heterocycles. The number of Topliss-reactive ketones (excluding diaryl/α,β-unsaturated/α-hetero) is 1. The molecule has 6 rings (SSSR count). The van der Waals surface area contributed by atoms with Crippen molar-refractivity contribution in [2.75, 3.05) is 30.9 Å². The summed E-state index contributed by atoms with van der Waals surface area (Å²) >= 11 is 14.7. The lowest BCUT2D eigenvalue weighted by atomic mass is 9.81. The lowest BCUT2D eigenvalue weighted by Gasteiger charge is -2.34. The summed E-state index contributed by atoms with van der Waals surface area (Å²) in [5, 5.41) is 15.9. The quantitative estimate of drug-likeness (QED) is 0.154. The fourth-order valence-corrected chi connectivity index (χ4v) is 12.7. The molecule has 0 bridgehead atoms. The van der Waals surface area contributed by atoms with E-state index in [0.29, 0.717) is 28.5 Å². The van der Waals surface area contributed by atoms with E-state index in [0.717, 1.165) is 53.9 Å². The highest BCUT2D eigenvalue weighted by molar-refractivity contribution is 8.00. The lowest BCUT2D eigenvalue weighted by molar-refractivity contribution is -0.141. The highest BCUT2D eigenvalue weighted by atomic mass is 32.2. The van der Waals surface area contributed by atoms with Gasteiger partial charge in [-0.05, 0) is 118 Å². The Hall–Kier alpha value is -3.08. The summed E-state index contributed by atoms with van der Waals surface area (Å²) in [5.41, 5.74) is 3.19. The van der Waals surface area contributed by atoms with E-state index in [1.54, 1.807) is 23.5 Å².